The summed E-state index contributed by atoms with van der Waals surface area (Å²) >= 11 is 0. The first-order chi connectivity index (χ1) is 6.88. The fraction of sp³-hybridized carbons (Fsp3) is 0.500. The van der Waals surface area contributed by atoms with E-state index in [1.807, 2.05) is 6.07 Å². The summed E-state index contributed by atoms with van der Waals surface area (Å²) in [5.41, 5.74) is 0.363. The van der Waals surface area contributed by atoms with Gasteiger partial charge in [0.15, 0.2) is 5.69 Å². The second-order valence-corrected chi connectivity index (χ2v) is 3.52. The molecule has 1 aromatic rings. The number of anilines is 1. The van der Waals surface area contributed by atoms with Crippen molar-refractivity contribution in [3.8, 4) is 6.07 Å². The van der Waals surface area contributed by atoms with Crippen LogP contribution in [0.4, 0.5) is 5.82 Å². The third kappa shape index (κ3) is 1.99. The van der Waals surface area contributed by atoms with Crippen molar-refractivity contribution in [1.82, 2.24) is 9.97 Å². The van der Waals surface area contributed by atoms with Gasteiger partial charge in [-0.2, -0.15) is 5.26 Å². The third-order valence-corrected chi connectivity index (χ3v) is 2.47. The highest BCUT2D eigenvalue weighted by molar-refractivity contribution is 5.34. The predicted octanol–water partition coefficient (Wildman–Crippen LogP) is 1.70. The Bertz CT molecular complexity index is 332. The number of rotatable bonds is 2. The largest absolute Gasteiger partial charge is 0.366 e. The average molecular weight is 188 g/mol. The molecule has 0 radical (unpaired) electrons. The number of nitrogens with one attached hydrogen (secondary N) is 1. The Balaban J connectivity index is 1.99. The lowest BCUT2D eigenvalue weighted by molar-refractivity contribution is 0.749. The van der Waals surface area contributed by atoms with Gasteiger partial charge in [-0.15, -0.1) is 0 Å². The number of nitriles is 1. The molecule has 0 spiro atoms. The molecular formula is C10H12N4. The van der Waals surface area contributed by atoms with Crippen molar-refractivity contribution >= 4 is 5.82 Å². The average Bonchev–Trinajstić information content (AvgIpc) is 2.72. The van der Waals surface area contributed by atoms with Crippen LogP contribution >= 0.6 is 0 Å². The van der Waals surface area contributed by atoms with Crippen LogP contribution in [0.2, 0.25) is 0 Å². The number of nitrogens with zero attached hydrogens (tertiary/aromatic N) is 3. The van der Waals surface area contributed by atoms with Gasteiger partial charge in [-0.3, -0.25) is 0 Å². The van der Waals surface area contributed by atoms with Gasteiger partial charge in [0, 0.05) is 6.04 Å². The summed E-state index contributed by atoms with van der Waals surface area (Å²) < 4.78 is 0. The topological polar surface area (TPSA) is 61.6 Å². The first-order valence-electron chi connectivity index (χ1n) is 4.87. The molecule has 1 N–H and O–H groups in total. The molecule has 1 saturated carbocycles. The maximum absolute atomic E-state index is 8.54. The Hall–Kier alpha value is -1.63. The highest BCUT2D eigenvalue weighted by Crippen LogP contribution is 2.20. The van der Waals surface area contributed by atoms with Crippen LogP contribution in [0.1, 0.15) is 31.4 Å². The third-order valence-electron chi connectivity index (χ3n) is 2.47. The monoisotopic (exact) mass is 188 g/mol. The molecule has 72 valence electrons. The van der Waals surface area contributed by atoms with Crippen molar-refractivity contribution in [1.29, 1.82) is 5.26 Å². The van der Waals surface area contributed by atoms with Crippen LogP contribution in [0, 0.1) is 11.3 Å². The standard InChI is InChI=1S/C10H12N4/c11-5-9-6-13-10(7-12-9)14-8-3-1-2-4-8/h6-8H,1-4H2,(H,13,14). The minimum Gasteiger partial charge on any atom is -0.366 e. The van der Waals surface area contributed by atoms with E-state index in [-0.39, 0.29) is 0 Å². The fourth-order valence-electron chi connectivity index (χ4n) is 1.74. The summed E-state index contributed by atoms with van der Waals surface area (Å²) in [5.74, 6) is 0.774. The lowest BCUT2D eigenvalue weighted by Gasteiger charge is -2.11. The molecule has 1 heterocycles. The van der Waals surface area contributed by atoms with Crippen LogP contribution in [0.3, 0.4) is 0 Å². The van der Waals surface area contributed by atoms with Crippen LogP contribution in [0.25, 0.3) is 0 Å². The van der Waals surface area contributed by atoms with E-state index < -0.39 is 0 Å². The minimum absolute atomic E-state index is 0.363. The van der Waals surface area contributed by atoms with Crippen molar-refractivity contribution in [2.24, 2.45) is 0 Å². The molecule has 0 amide bonds. The van der Waals surface area contributed by atoms with Crippen molar-refractivity contribution < 1.29 is 0 Å². The predicted molar refractivity (Wildman–Crippen MR) is 52.6 cm³/mol. The normalized spacial score (nSPS) is 16.5. The van der Waals surface area contributed by atoms with Gasteiger partial charge in [-0.25, -0.2) is 9.97 Å². The van der Waals surface area contributed by atoms with Crippen LogP contribution in [0.15, 0.2) is 12.4 Å². The molecule has 1 aliphatic carbocycles. The van der Waals surface area contributed by atoms with E-state index in [1.165, 1.54) is 31.9 Å². The highest BCUT2D eigenvalue weighted by Gasteiger charge is 2.14. The van der Waals surface area contributed by atoms with E-state index >= 15 is 0 Å². The zero-order valence-electron chi connectivity index (χ0n) is 7.90. The van der Waals surface area contributed by atoms with Crippen molar-refractivity contribution in [2.45, 2.75) is 31.7 Å². The lowest BCUT2D eigenvalue weighted by atomic mass is 10.2. The fourth-order valence-corrected chi connectivity index (χ4v) is 1.74. The zero-order valence-corrected chi connectivity index (χ0v) is 7.90. The Morgan fingerprint density at radius 1 is 1.29 bits per heavy atom. The Labute approximate surface area is 83.0 Å². The maximum atomic E-state index is 8.54. The van der Waals surface area contributed by atoms with Crippen LogP contribution in [-0.2, 0) is 0 Å². The smallest absolute Gasteiger partial charge is 0.158 e. The van der Waals surface area contributed by atoms with E-state index in [2.05, 4.69) is 15.3 Å². The summed E-state index contributed by atoms with van der Waals surface area (Å²) in [7, 11) is 0. The summed E-state index contributed by atoms with van der Waals surface area (Å²) in [6, 6.07) is 2.49. The van der Waals surface area contributed by atoms with E-state index in [0.29, 0.717) is 11.7 Å². The summed E-state index contributed by atoms with van der Waals surface area (Å²) in [5, 5.41) is 11.8. The van der Waals surface area contributed by atoms with E-state index in [4.69, 9.17) is 5.26 Å². The maximum Gasteiger partial charge on any atom is 0.158 e. The van der Waals surface area contributed by atoms with Gasteiger partial charge in [0.2, 0.25) is 0 Å². The lowest BCUT2D eigenvalue weighted by Crippen LogP contribution is -2.15. The first-order valence-corrected chi connectivity index (χ1v) is 4.87. The van der Waals surface area contributed by atoms with Gasteiger partial charge in [-0.05, 0) is 12.8 Å². The number of aromatic nitrogens is 2. The molecule has 0 aromatic carbocycles. The van der Waals surface area contributed by atoms with Crippen molar-refractivity contribution in [3.05, 3.63) is 18.1 Å². The molecule has 0 bridgehead atoms. The molecule has 2 rings (SSSR count). The summed E-state index contributed by atoms with van der Waals surface area (Å²) in [4.78, 5) is 8.07. The molecule has 0 aliphatic heterocycles. The van der Waals surface area contributed by atoms with E-state index in [9.17, 15) is 0 Å². The Morgan fingerprint density at radius 2 is 2.07 bits per heavy atom. The van der Waals surface area contributed by atoms with Crippen molar-refractivity contribution in [3.63, 3.8) is 0 Å². The number of hydrogen-bond donors (Lipinski definition) is 1. The van der Waals surface area contributed by atoms with Gasteiger partial charge >= 0.3 is 0 Å². The Kier molecular flexibility index (Phi) is 2.59. The van der Waals surface area contributed by atoms with Gasteiger partial charge in [0.25, 0.3) is 0 Å². The van der Waals surface area contributed by atoms with Gasteiger partial charge in [-0.1, -0.05) is 12.8 Å². The molecule has 0 saturated heterocycles. The molecule has 1 fully saturated rings. The molecule has 4 heteroatoms. The first kappa shape index (κ1) is 8.95. The molecule has 14 heavy (non-hydrogen) atoms. The molecule has 4 nitrogen and oxygen atoms in total. The van der Waals surface area contributed by atoms with Gasteiger partial charge in [0.05, 0.1) is 12.4 Å². The van der Waals surface area contributed by atoms with Gasteiger partial charge in [0.1, 0.15) is 11.9 Å². The number of hydrogen-bond acceptors (Lipinski definition) is 4. The van der Waals surface area contributed by atoms with E-state index in [0.717, 1.165) is 5.82 Å². The summed E-state index contributed by atoms with van der Waals surface area (Å²) in [6.07, 6.45) is 8.13. The quantitative estimate of drug-likeness (QED) is 0.767. The SMILES string of the molecule is N#Cc1cnc(NC2CCCC2)cn1. The molecular weight excluding hydrogens is 176 g/mol. The zero-order chi connectivity index (χ0) is 9.80. The molecule has 0 atom stereocenters. The van der Waals surface area contributed by atoms with Crippen molar-refractivity contribution in [2.75, 3.05) is 5.32 Å². The second kappa shape index (κ2) is 4.05. The minimum atomic E-state index is 0.363. The molecule has 1 aromatic heterocycles. The van der Waals surface area contributed by atoms with Crippen LogP contribution < -0.4 is 5.32 Å². The van der Waals surface area contributed by atoms with Gasteiger partial charge < -0.3 is 5.32 Å². The Morgan fingerprint density at radius 3 is 2.64 bits per heavy atom. The molecule has 0 unspecified atom stereocenters. The second-order valence-electron chi connectivity index (χ2n) is 3.52. The summed E-state index contributed by atoms with van der Waals surface area (Å²) in [6.45, 7) is 0. The van der Waals surface area contributed by atoms with Crippen LogP contribution in [0.5, 0.6) is 0 Å². The van der Waals surface area contributed by atoms with E-state index in [1.54, 1.807) is 6.20 Å². The van der Waals surface area contributed by atoms with Crippen LogP contribution in [-0.4, -0.2) is 16.0 Å². The highest BCUT2D eigenvalue weighted by atomic mass is 15.0. The molecule has 1 aliphatic rings.